The molecular weight excluding hydrogens is 793 g/mol. The normalized spacial score (nSPS) is 11.8. The number of benzene rings is 6. The third kappa shape index (κ3) is 7.33. The average molecular weight is 827 g/mol. The van der Waals surface area contributed by atoms with Gasteiger partial charge in [-0.2, -0.15) is 0 Å². The van der Waals surface area contributed by atoms with Gasteiger partial charge in [0, 0.05) is 83.0 Å². The second kappa shape index (κ2) is 15.4. The Balaban J connectivity index is 1.02. The minimum Gasteiger partial charge on any atom is -0.508 e. The van der Waals surface area contributed by atoms with Crippen molar-refractivity contribution in [3.63, 3.8) is 0 Å². The summed E-state index contributed by atoms with van der Waals surface area (Å²) < 4.78 is 12.2. The summed E-state index contributed by atoms with van der Waals surface area (Å²) >= 11 is 13.6. The number of ether oxygens (including phenoxy) is 1. The van der Waals surface area contributed by atoms with E-state index < -0.39 is 24.3 Å². The Kier molecular flexibility index (Phi) is 10.1. The van der Waals surface area contributed by atoms with Crippen molar-refractivity contribution in [2.24, 2.45) is 0 Å². The van der Waals surface area contributed by atoms with Crippen molar-refractivity contribution in [1.29, 1.82) is 0 Å². The Morgan fingerprint density at radius 1 is 0.814 bits per heavy atom. The third-order valence-corrected chi connectivity index (χ3v) is 10.7. The molecule has 0 atom stereocenters. The summed E-state index contributed by atoms with van der Waals surface area (Å²) in [6.07, 6.45) is 0. The van der Waals surface area contributed by atoms with E-state index in [-0.39, 0.29) is 44.5 Å². The number of carboxylic acids is 1. The number of phenols is 1. The van der Waals surface area contributed by atoms with Gasteiger partial charge in [0.05, 0.1) is 27.7 Å². The first-order valence-electron chi connectivity index (χ1n) is 18.2. The van der Waals surface area contributed by atoms with Crippen LogP contribution >= 0.6 is 23.2 Å². The van der Waals surface area contributed by atoms with E-state index in [4.69, 9.17) is 32.4 Å². The van der Waals surface area contributed by atoms with E-state index in [2.05, 4.69) is 17.2 Å². The largest absolute Gasteiger partial charge is 0.508 e. The molecular formula is C46H33Cl2N3O8. The number of phenolic OH excluding ortho intramolecular Hbond substituents is 1. The van der Waals surface area contributed by atoms with Gasteiger partial charge in [-0.3, -0.25) is 14.4 Å². The molecule has 294 valence electrons. The van der Waals surface area contributed by atoms with Gasteiger partial charge in [0.15, 0.2) is 5.43 Å². The molecule has 59 heavy (non-hydrogen) atoms. The number of fused-ring (bicyclic) bond motifs is 4. The van der Waals surface area contributed by atoms with Gasteiger partial charge in [0.2, 0.25) is 5.91 Å². The van der Waals surface area contributed by atoms with E-state index in [0.717, 1.165) is 33.3 Å². The van der Waals surface area contributed by atoms with Crippen LogP contribution < -0.4 is 36.1 Å². The van der Waals surface area contributed by atoms with Crippen molar-refractivity contribution in [2.75, 3.05) is 25.5 Å². The molecule has 13 heteroatoms. The van der Waals surface area contributed by atoms with Crippen LogP contribution in [-0.4, -0.2) is 48.6 Å². The maximum atomic E-state index is 13.5. The summed E-state index contributed by atoms with van der Waals surface area (Å²) in [6, 6.07) is 28.9. The SMILES string of the molecule is C=c1ccc2c(c1)Oc1cc(N(C)C)ccc1C=2c1c(Cl)cc(C(=O)NCC(=O)NCc2ccc(-c3c4ccc(=O)cc-4oc4cc(O)ccc34)cc2)c(Cl)c1C(=O)O. The van der Waals surface area contributed by atoms with Crippen LogP contribution in [0.3, 0.4) is 0 Å². The Labute approximate surface area is 346 Å². The summed E-state index contributed by atoms with van der Waals surface area (Å²) in [5.74, 6) is -1.41. The minimum atomic E-state index is -1.41. The van der Waals surface area contributed by atoms with Gasteiger partial charge in [-0.25, -0.2) is 4.79 Å². The molecule has 0 saturated heterocycles. The highest BCUT2D eigenvalue weighted by Gasteiger charge is 2.31. The minimum absolute atomic E-state index is 0.0249. The van der Waals surface area contributed by atoms with E-state index in [0.29, 0.717) is 44.4 Å². The number of aromatic hydroxyl groups is 1. The number of nitrogens with one attached hydrogen (secondary N) is 2. The number of anilines is 1. The molecule has 0 spiro atoms. The standard InChI is InChI=1S/C46H33Cl2N3O8/c1-23-4-12-31-35(16-23)58-36-17-26(51(2)3)9-13-32(36)41(31)42-34(47)20-33(44(48)43(42)46(56)57)45(55)50-22-39(54)49-21-24-5-7-25(8-6-24)40-29-14-10-27(52)18-37(29)59-38-19-28(53)11-15-30(38)40/h4-20,52H,1,21-22H2,2-3H3,(H,49,54)(H,50,55)(H,56,57). The van der Waals surface area contributed by atoms with Crippen molar-refractivity contribution < 1.29 is 33.8 Å². The van der Waals surface area contributed by atoms with E-state index in [9.17, 15) is 29.4 Å². The number of carbonyl (C=O) groups excluding carboxylic acids is 2. The maximum absolute atomic E-state index is 13.5. The molecule has 0 aromatic heterocycles. The number of amides is 2. The zero-order valence-corrected chi connectivity index (χ0v) is 33.0. The monoisotopic (exact) mass is 825 g/mol. The van der Waals surface area contributed by atoms with Crippen molar-refractivity contribution in [3.05, 3.63) is 162 Å². The van der Waals surface area contributed by atoms with Gasteiger partial charge < -0.3 is 34.9 Å². The molecule has 2 amide bonds. The number of hydrogen-bond donors (Lipinski definition) is 4. The van der Waals surface area contributed by atoms with Gasteiger partial charge in [-0.05, 0) is 64.9 Å². The number of carboxylic acid groups (broad SMARTS) is 1. The second-order valence-corrected chi connectivity index (χ2v) is 14.9. The summed E-state index contributed by atoms with van der Waals surface area (Å²) in [7, 11) is 3.77. The van der Waals surface area contributed by atoms with Gasteiger partial charge in [0.1, 0.15) is 28.6 Å². The maximum Gasteiger partial charge on any atom is 0.337 e. The van der Waals surface area contributed by atoms with Crippen molar-refractivity contribution in [3.8, 4) is 39.7 Å². The fourth-order valence-corrected chi connectivity index (χ4v) is 7.80. The highest BCUT2D eigenvalue weighted by molar-refractivity contribution is 6.40. The molecule has 2 aliphatic heterocycles. The number of carbonyl (C=O) groups is 3. The first-order valence-corrected chi connectivity index (χ1v) is 19.0. The van der Waals surface area contributed by atoms with Crippen LogP contribution in [0.4, 0.5) is 5.69 Å². The van der Waals surface area contributed by atoms with Crippen molar-refractivity contribution in [2.45, 2.75) is 6.54 Å². The molecule has 0 bridgehead atoms. The van der Waals surface area contributed by atoms with Gasteiger partial charge in [0.25, 0.3) is 5.91 Å². The number of nitrogens with zero attached hydrogens (tertiary/aromatic N) is 1. The number of aromatic carboxylic acids is 1. The Bertz CT molecular complexity index is 3050. The fourth-order valence-electron chi connectivity index (χ4n) is 7.19. The lowest BCUT2D eigenvalue weighted by molar-refractivity contribution is -0.120. The molecule has 0 saturated carbocycles. The molecule has 0 unspecified atom stereocenters. The molecule has 3 aliphatic rings. The fraction of sp³-hybridized carbons (Fsp3) is 0.0870. The molecule has 0 radical (unpaired) electrons. The molecule has 1 aliphatic carbocycles. The van der Waals surface area contributed by atoms with Crippen molar-refractivity contribution in [1.82, 2.24) is 10.6 Å². The molecule has 5 aromatic carbocycles. The highest BCUT2D eigenvalue weighted by Crippen LogP contribution is 2.44. The molecule has 4 N–H and O–H groups in total. The molecule has 5 aromatic rings. The van der Waals surface area contributed by atoms with Crippen LogP contribution in [0, 0.1) is 0 Å². The first-order chi connectivity index (χ1) is 28.3. The molecule has 2 heterocycles. The molecule has 11 nitrogen and oxygen atoms in total. The Morgan fingerprint density at radius 2 is 1.58 bits per heavy atom. The lowest BCUT2D eigenvalue weighted by Crippen LogP contribution is -2.36. The zero-order valence-electron chi connectivity index (χ0n) is 31.5. The zero-order chi connectivity index (χ0) is 41.7. The van der Waals surface area contributed by atoms with E-state index >= 15 is 0 Å². The van der Waals surface area contributed by atoms with Crippen LogP contribution in [0.25, 0.3) is 45.6 Å². The Hall–Kier alpha value is -7.08. The van der Waals surface area contributed by atoms with Crippen LogP contribution in [-0.2, 0) is 11.3 Å². The van der Waals surface area contributed by atoms with E-state index in [1.54, 1.807) is 36.4 Å². The van der Waals surface area contributed by atoms with Crippen LogP contribution in [0.1, 0.15) is 37.4 Å². The number of halogens is 2. The van der Waals surface area contributed by atoms with Crippen LogP contribution in [0.2, 0.25) is 10.0 Å². The van der Waals surface area contributed by atoms with Crippen LogP contribution in [0.15, 0.2) is 112 Å². The highest BCUT2D eigenvalue weighted by atomic mass is 35.5. The summed E-state index contributed by atoms with van der Waals surface area (Å²) in [4.78, 5) is 53.4. The predicted molar refractivity (Wildman–Crippen MR) is 227 cm³/mol. The summed E-state index contributed by atoms with van der Waals surface area (Å²) in [5.41, 5.74) is 4.68. The lowest BCUT2D eigenvalue weighted by atomic mass is 9.88. The number of hydrogen-bond acceptors (Lipinski definition) is 8. The van der Waals surface area contributed by atoms with Gasteiger partial charge in [-0.1, -0.05) is 66.2 Å². The smallest absolute Gasteiger partial charge is 0.337 e. The predicted octanol–water partition coefficient (Wildman–Crippen LogP) is 7.15. The van der Waals surface area contributed by atoms with Crippen LogP contribution in [0.5, 0.6) is 17.2 Å². The molecule has 0 fully saturated rings. The average Bonchev–Trinajstić information content (AvgIpc) is 3.20. The summed E-state index contributed by atoms with van der Waals surface area (Å²) in [6.45, 7) is 3.70. The topological polar surface area (TPSA) is 158 Å². The van der Waals surface area contributed by atoms with Gasteiger partial charge in [-0.15, -0.1) is 0 Å². The second-order valence-electron chi connectivity index (χ2n) is 14.1. The first kappa shape index (κ1) is 38.8. The quantitative estimate of drug-likeness (QED) is 0.111. The molecule has 8 rings (SSSR count). The summed E-state index contributed by atoms with van der Waals surface area (Å²) in [5, 5.41) is 27.5. The Morgan fingerprint density at radius 3 is 2.32 bits per heavy atom. The van der Waals surface area contributed by atoms with E-state index in [1.807, 2.05) is 61.5 Å². The van der Waals surface area contributed by atoms with Crippen molar-refractivity contribution >= 4 is 69.8 Å². The third-order valence-electron chi connectivity index (χ3n) is 10.0. The van der Waals surface area contributed by atoms with E-state index in [1.165, 1.54) is 24.3 Å². The van der Waals surface area contributed by atoms with Gasteiger partial charge >= 0.3 is 5.97 Å². The lowest BCUT2D eigenvalue weighted by Gasteiger charge is -2.25. The number of rotatable bonds is 9.